The van der Waals surface area contributed by atoms with Gasteiger partial charge in [0.1, 0.15) is 17.2 Å². The number of nitrogens with one attached hydrogen (secondary N) is 2. The molecule has 0 spiro atoms. The van der Waals surface area contributed by atoms with Crippen molar-refractivity contribution >= 4 is 67.2 Å². The van der Waals surface area contributed by atoms with Crippen molar-refractivity contribution in [1.29, 1.82) is 5.41 Å². The molecule has 0 saturated carbocycles. The van der Waals surface area contributed by atoms with Gasteiger partial charge in [0.05, 0.1) is 18.7 Å². The molecule has 0 fully saturated rings. The van der Waals surface area contributed by atoms with Crippen molar-refractivity contribution in [1.82, 2.24) is 24.3 Å². The minimum Gasteiger partial charge on any atom is -0.468 e. The average molecular weight is 937 g/mol. The molecule has 6 rings (SSSR count). The number of pyridine rings is 3. The van der Waals surface area contributed by atoms with Crippen LogP contribution in [0.5, 0.6) is 0 Å². The minimum absolute atomic E-state index is 0.0590. The zero-order chi connectivity index (χ0) is 47.7. The number of alkyl halides is 2. The third-order valence-corrected chi connectivity index (χ3v) is 8.53. The number of ether oxygens (including phenoxy) is 1. The van der Waals surface area contributed by atoms with Crippen LogP contribution in [-0.4, -0.2) is 68.8 Å². The Morgan fingerprint density at radius 2 is 1.27 bits per heavy atom. The number of hydrogen-bond donors (Lipinski definition) is 5. The van der Waals surface area contributed by atoms with Gasteiger partial charge in [-0.05, 0) is 108 Å². The lowest BCUT2D eigenvalue weighted by atomic mass is 10.1. The van der Waals surface area contributed by atoms with Gasteiger partial charge in [-0.15, -0.1) is 40.9 Å². The largest absolute Gasteiger partial charge is 0.468 e. The molecule has 0 aliphatic rings. The molecule has 0 atom stereocenters. The zero-order valence-corrected chi connectivity index (χ0v) is 39.4. The summed E-state index contributed by atoms with van der Waals surface area (Å²) in [5.74, 6) is 6.55. The van der Waals surface area contributed by atoms with Crippen molar-refractivity contribution in [3.8, 4) is 0 Å². The van der Waals surface area contributed by atoms with E-state index < -0.39 is 26.9 Å². The van der Waals surface area contributed by atoms with Gasteiger partial charge in [0.2, 0.25) is 0 Å². The lowest BCUT2D eigenvalue weighted by molar-refractivity contribution is -0.137. The Balaban J connectivity index is 0.000000720. The SMILES string of the molecule is COC(=O)CCl.Cc1cc(C)c(NS(=O)(=O)O)c(C)c1.Cc1cc(C)cc(C)c1.Cc1cccn(N)c1=N.Cc1cccn2nc(CCl)nc12.Cc1cccnc1N.O=S(=O)=O. The van der Waals surface area contributed by atoms with Crippen LogP contribution in [0.25, 0.3) is 5.65 Å². The number of benzene rings is 2. The second-order valence-corrected chi connectivity index (χ2v) is 15.3. The first kappa shape index (κ1) is 56.1. The molecule has 4 aromatic heterocycles. The number of nitrogen functional groups attached to an aromatic ring is 2. The number of halogens is 2. The van der Waals surface area contributed by atoms with Gasteiger partial charge in [-0.3, -0.25) is 24.2 Å². The lowest BCUT2D eigenvalue weighted by Gasteiger charge is -2.10. The van der Waals surface area contributed by atoms with E-state index in [4.69, 9.17) is 57.4 Å². The highest BCUT2D eigenvalue weighted by atomic mass is 35.5. The van der Waals surface area contributed by atoms with E-state index in [1.54, 1.807) is 30.8 Å². The van der Waals surface area contributed by atoms with Gasteiger partial charge in [-0.25, -0.2) is 14.5 Å². The number of nitrogens with zero attached hydrogens (tertiary/aromatic N) is 5. The van der Waals surface area contributed by atoms with Crippen LogP contribution in [0.4, 0.5) is 11.5 Å². The zero-order valence-electron chi connectivity index (χ0n) is 36.3. The third-order valence-electron chi connectivity index (χ3n) is 7.61. The number of carbonyl (C=O) groups is 1. The topological polar surface area (TPSA) is 268 Å². The number of anilines is 2. The van der Waals surface area contributed by atoms with E-state index in [1.807, 2.05) is 82.4 Å². The van der Waals surface area contributed by atoms with Crippen molar-refractivity contribution in [2.45, 2.75) is 68.2 Å². The predicted octanol–water partition coefficient (Wildman–Crippen LogP) is 6.57. The van der Waals surface area contributed by atoms with Gasteiger partial charge < -0.3 is 16.3 Å². The Kier molecular flexibility index (Phi) is 25.9. The number of rotatable bonds is 4. The monoisotopic (exact) mass is 935 g/mol. The summed E-state index contributed by atoms with van der Waals surface area (Å²) >= 11 is 10.6. The van der Waals surface area contributed by atoms with Gasteiger partial charge in [0.25, 0.3) is 0 Å². The highest BCUT2D eigenvalue weighted by Gasteiger charge is 2.09. The second-order valence-electron chi connectivity index (χ2n) is 13.2. The maximum absolute atomic E-state index is 10.6. The van der Waals surface area contributed by atoms with Gasteiger partial charge >= 0.3 is 26.9 Å². The van der Waals surface area contributed by atoms with Gasteiger partial charge in [0.15, 0.2) is 11.5 Å². The Hall–Kier alpha value is -5.86. The summed E-state index contributed by atoms with van der Waals surface area (Å²) in [4.78, 5) is 17.9. The number of esters is 1. The first-order chi connectivity index (χ1) is 28.8. The summed E-state index contributed by atoms with van der Waals surface area (Å²) in [7, 11) is -6.00. The van der Waals surface area contributed by atoms with Gasteiger partial charge in [0, 0.05) is 18.6 Å². The van der Waals surface area contributed by atoms with Crippen LogP contribution in [0.15, 0.2) is 85.3 Å². The van der Waals surface area contributed by atoms with Crippen LogP contribution in [-0.2, 0) is 36.3 Å². The molecule has 6 aromatic rings. The number of nitrogens with two attached hydrogens (primary N) is 2. The molecule has 0 aliphatic heterocycles. The van der Waals surface area contributed by atoms with Crippen molar-refractivity contribution in [3.63, 3.8) is 0 Å². The number of aryl methyl sites for hydroxylation is 9. The molecule has 7 N–H and O–H groups in total. The van der Waals surface area contributed by atoms with Crippen LogP contribution >= 0.6 is 23.2 Å². The third kappa shape index (κ3) is 23.8. The number of methoxy groups -OCH3 is 1. The standard InChI is InChI=1S/C9H13NO3S.C9H12.C8H8ClN3.C6H9N3.C6H8N2.C3H5ClO2.O3S/c1-6-4-7(2)9(8(3)5-6)10-14(11,12)13;1-7-4-8(2)6-9(3)5-7;1-6-3-2-4-12-8(6)10-7(5-9)11-12;1-5-3-2-4-9(8)6(5)7;1-5-3-2-4-8-6(5)7;1-6-3(5)2-4;1-4(2)3/h4-5,10H,1-3H3,(H,11,12,13);4-6H,1-3H3;2-4H,5H2,1H3;2-4,7H,8H2,1H3;2-4H,1H3,(H2,7,8);2H2,1H3;. The van der Waals surface area contributed by atoms with E-state index in [9.17, 15) is 13.2 Å². The summed E-state index contributed by atoms with van der Waals surface area (Å²) in [6.07, 6.45) is 5.20. The summed E-state index contributed by atoms with van der Waals surface area (Å²) in [5, 5.41) is 11.4. The normalized spacial score (nSPS) is 9.76. The Labute approximate surface area is 374 Å². The van der Waals surface area contributed by atoms with Crippen LogP contribution in [0.2, 0.25) is 0 Å². The van der Waals surface area contributed by atoms with E-state index >= 15 is 0 Å². The Morgan fingerprint density at radius 3 is 1.63 bits per heavy atom. The van der Waals surface area contributed by atoms with Gasteiger partial charge in [-0.1, -0.05) is 70.8 Å². The molecule has 0 bridgehead atoms. The first-order valence-electron chi connectivity index (χ1n) is 18.1. The summed E-state index contributed by atoms with van der Waals surface area (Å²) in [6, 6.07) is 21.7. The van der Waals surface area contributed by atoms with Crippen LogP contribution in [0.1, 0.15) is 55.9 Å². The fourth-order valence-electron chi connectivity index (χ4n) is 5.00. The lowest BCUT2D eigenvalue weighted by Crippen LogP contribution is -2.27. The van der Waals surface area contributed by atoms with Crippen molar-refractivity contribution in [2.24, 2.45) is 0 Å². The van der Waals surface area contributed by atoms with E-state index in [0.717, 1.165) is 39.0 Å². The predicted molar refractivity (Wildman–Crippen MR) is 245 cm³/mol. The Bertz CT molecular complexity index is 2510. The molecule has 17 nitrogen and oxygen atoms in total. The molecule has 62 heavy (non-hydrogen) atoms. The highest BCUT2D eigenvalue weighted by Crippen LogP contribution is 2.22. The molecular formula is C41H55Cl2N9O8S2. The molecule has 0 radical (unpaired) electrons. The summed E-state index contributed by atoms with van der Waals surface area (Å²) in [6.45, 7) is 17.7. The molecule has 21 heteroatoms. The number of carbonyl (C=O) groups excluding carboxylic acids is 1. The fourth-order valence-corrected chi connectivity index (χ4v) is 5.80. The quantitative estimate of drug-likeness (QED) is 0.0542. The molecule has 4 heterocycles. The number of aromatic nitrogens is 5. The van der Waals surface area contributed by atoms with Crippen molar-refractivity contribution in [2.75, 3.05) is 29.3 Å². The van der Waals surface area contributed by atoms with E-state index in [0.29, 0.717) is 28.7 Å². The van der Waals surface area contributed by atoms with Crippen LogP contribution in [0.3, 0.4) is 0 Å². The maximum Gasteiger partial charge on any atom is 0.425 e. The molecule has 2 aromatic carbocycles. The molecule has 338 valence electrons. The average Bonchev–Trinajstić information content (AvgIpc) is 3.61. The molecule has 0 saturated heterocycles. The molecule has 0 aliphatic carbocycles. The van der Waals surface area contributed by atoms with E-state index in [-0.39, 0.29) is 5.88 Å². The van der Waals surface area contributed by atoms with E-state index in [1.165, 1.54) is 28.5 Å². The molecule has 0 unspecified atom stereocenters. The molecular weight excluding hydrogens is 882 g/mol. The van der Waals surface area contributed by atoms with Gasteiger partial charge in [-0.2, -0.15) is 8.42 Å². The minimum atomic E-state index is -4.19. The Morgan fingerprint density at radius 1 is 0.806 bits per heavy atom. The van der Waals surface area contributed by atoms with Crippen LogP contribution in [0, 0.1) is 67.7 Å². The van der Waals surface area contributed by atoms with Crippen molar-refractivity contribution < 1.29 is 35.1 Å². The number of fused-ring (bicyclic) bond motifs is 1. The number of hydrogen-bond acceptors (Lipinski definition) is 13. The summed E-state index contributed by atoms with van der Waals surface area (Å²) in [5.41, 5.74) is 16.8. The van der Waals surface area contributed by atoms with Crippen molar-refractivity contribution in [3.05, 3.63) is 147 Å². The highest BCUT2D eigenvalue weighted by molar-refractivity contribution is 7.87. The fraction of sp³-hybridized carbons (Fsp3) is 0.293. The second kappa shape index (κ2) is 28.6. The molecule has 0 amide bonds. The van der Waals surface area contributed by atoms with Crippen LogP contribution < -0.4 is 21.8 Å². The van der Waals surface area contributed by atoms with E-state index in [2.05, 4.69) is 63.5 Å². The first-order valence-corrected chi connectivity index (χ1v) is 21.7. The maximum atomic E-state index is 10.6. The summed E-state index contributed by atoms with van der Waals surface area (Å²) < 4.78 is 64.5. The smallest absolute Gasteiger partial charge is 0.425 e.